The lowest BCUT2D eigenvalue weighted by Crippen LogP contribution is -2.10. The third-order valence-electron chi connectivity index (χ3n) is 2.57. The van der Waals surface area contributed by atoms with Crippen molar-refractivity contribution in [2.24, 2.45) is 5.18 Å². The van der Waals surface area contributed by atoms with Gasteiger partial charge in [-0.2, -0.15) is 0 Å². The lowest BCUT2D eigenvalue weighted by Gasteiger charge is -2.27. The number of hydrogen-bond donors (Lipinski definition) is 0. The van der Waals surface area contributed by atoms with Crippen LogP contribution < -0.4 is 5.06 Å². The van der Waals surface area contributed by atoms with Crippen molar-refractivity contribution < 1.29 is 0 Å². The summed E-state index contributed by atoms with van der Waals surface area (Å²) >= 11 is 2.02. The lowest BCUT2D eigenvalue weighted by atomic mass is 10.1. The summed E-state index contributed by atoms with van der Waals surface area (Å²) in [5.74, 6) is 0. The number of halogens is 1. The minimum Gasteiger partial charge on any atom is -0.758 e. The van der Waals surface area contributed by atoms with Crippen molar-refractivity contribution >= 4 is 34.0 Å². The fourth-order valence-electron chi connectivity index (χ4n) is 1.60. The zero-order valence-corrected chi connectivity index (χ0v) is 11.6. The molecule has 0 unspecified atom stereocenters. The Morgan fingerprint density at radius 1 is 1.00 bits per heavy atom. The van der Waals surface area contributed by atoms with Gasteiger partial charge in [0.25, 0.3) is 0 Å². The number of nitrogens with zero attached hydrogens (tertiary/aromatic N) is 2. The van der Waals surface area contributed by atoms with Gasteiger partial charge in [-0.25, -0.2) is 0 Å². The molecule has 5 heteroatoms. The van der Waals surface area contributed by atoms with Crippen molar-refractivity contribution in [3.8, 4) is 11.1 Å². The van der Waals surface area contributed by atoms with Gasteiger partial charge in [-0.1, -0.05) is 46.9 Å². The van der Waals surface area contributed by atoms with Crippen LogP contribution in [0.15, 0.2) is 53.7 Å². The number of rotatable bonds is 4. The molecule has 0 amide bonds. The molecule has 0 aliphatic carbocycles. The predicted molar refractivity (Wildman–Crippen MR) is 82.1 cm³/mol. The second-order valence-electron chi connectivity index (χ2n) is 3.68. The normalized spacial score (nSPS) is 10.1. The molecule has 0 aliphatic rings. The molecule has 0 aromatic heterocycles. The largest absolute Gasteiger partial charge is 0.758 e. The highest BCUT2D eigenvalue weighted by molar-refractivity contribution is 14.1. The summed E-state index contributed by atoms with van der Waals surface area (Å²) in [4.78, 5) is 10.3. The second kappa shape index (κ2) is 5.92. The summed E-state index contributed by atoms with van der Waals surface area (Å²) in [5.41, 5.74) is 3.03. The van der Waals surface area contributed by atoms with E-state index in [1.54, 1.807) is 24.3 Å². The van der Waals surface area contributed by atoms with Crippen molar-refractivity contribution in [2.75, 3.05) is 9.61 Å². The van der Waals surface area contributed by atoms with E-state index in [1.165, 1.54) is 0 Å². The van der Waals surface area contributed by atoms with Gasteiger partial charge in [0.1, 0.15) is 5.69 Å². The molecule has 0 N–H and O–H groups in total. The fraction of sp³-hybridized carbons (Fsp3) is 0.0769. The maximum atomic E-state index is 11.4. The third-order valence-corrected chi connectivity index (χ3v) is 3.19. The smallest absolute Gasteiger partial charge is 0.108 e. The molecule has 0 saturated heterocycles. The van der Waals surface area contributed by atoms with Crippen LogP contribution in [0.5, 0.6) is 0 Å². The first-order valence-corrected chi connectivity index (χ1v) is 6.81. The molecular weight excluding hydrogens is 343 g/mol. The molecule has 2 aromatic rings. The number of hydroxylamine groups is 1. The van der Waals surface area contributed by atoms with Crippen LogP contribution >= 0.6 is 22.6 Å². The average Bonchev–Trinajstić information content (AvgIpc) is 2.47. The molecule has 18 heavy (non-hydrogen) atoms. The minimum atomic E-state index is 0.400. The van der Waals surface area contributed by atoms with Gasteiger partial charge in [0.05, 0.1) is 4.55 Å². The highest BCUT2D eigenvalue weighted by Gasteiger charge is 1.99. The van der Waals surface area contributed by atoms with Crippen LogP contribution in [0.1, 0.15) is 0 Å². The van der Waals surface area contributed by atoms with Crippen LogP contribution in [0, 0.1) is 10.1 Å². The zero-order chi connectivity index (χ0) is 13.0. The molecule has 0 aliphatic heterocycles. The number of nitroso groups, excluding NO2 is 1. The van der Waals surface area contributed by atoms with E-state index in [0.29, 0.717) is 15.9 Å². The minimum absolute atomic E-state index is 0.400. The summed E-state index contributed by atoms with van der Waals surface area (Å²) in [7, 11) is 0. The maximum absolute atomic E-state index is 11.4. The van der Waals surface area contributed by atoms with Gasteiger partial charge >= 0.3 is 0 Å². The van der Waals surface area contributed by atoms with E-state index in [-0.39, 0.29) is 0 Å². The van der Waals surface area contributed by atoms with Gasteiger partial charge in [-0.15, -0.1) is 4.91 Å². The van der Waals surface area contributed by atoms with Gasteiger partial charge in [-0.3, -0.25) is 0 Å². The van der Waals surface area contributed by atoms with Crippen LogP contribution in [0.2, 0.25) is 0 Å². The molecule has 92 valence electrons. The Morgan fingerprint density at radius 3 is 1.94 bits per heavy atom. The van der Waals surface area contributed by atoms with Crippen molar-refractivity contribution in [1.29, 1.82) is 0 Å². The summed E-state index contributed by atoms with van der Waals surface area (Å²) in [6.07, 6.45) is 0. The monoisotopic (exact) mass is 353 g/mol. The molecule has 4 nitrogen and oxygen atoms in total. The van der Waals surface area contributed by atoms with E-state index >= 15 is 0 Å². The standard InChI is InChI=1S/C13H10IN2O2/c14-9-16(18)13-7-3-11(4-8-13)10-1-5-12(15-17)6-2-10/h1-8H,9H2/q-1. The van der Waals surface area contributed by atoms with Crippen molar-refractivity contribution in [3.05, 3.63) is 58.6 Å². The Balaban J connectivity index is 2.25. The first-order valence-electron chi connectivity index (χ1n) is 5.29. The first kappa shape index (κ1) is 13.0. The molecule has 2 aromatic carbocycles. The first-order chi connectivity index (χ1) is 8.74. The Hall–Kier alpha value is -1.47. The summed E-state index contributed by atoms with van der Waals surface area (Å²) in [6, 6.07) is 14.3. The topological polar surface area (TPSA) is 55.7 Å². The molecule has 0 atom stereocenters. The van der Waals surface area contributed by atoms with Crippen LogP contribution in [-0.2, 0) is 0 Å². The van der Waals surface area contributed by atoms with Gasteiger partial charge in [0.15, 0.2) is 0 Å². The van der Waals surface area contributed by atoms with Gasteiger partial charge in [0, 0.05) is 5.69 Å². The number of alkyl halides is 1. The van der Waals surface area contributed by atoms with E-state index in [1.807, 2.05) is 46.9 Å². The Labute approximate surface area is 118 Å². The molecule has 0 bridgehead atoms. The van der Waals surface area contributed by atoms with E-state index < -0.39 is 0 Å². The molecule has 0 saturated carbocycles. The molecule has 0 heterocycles. The van der Waals surface area contributed by atoms with Crippen LogP contribution in [0.3, 0.4) is 0 Å². The van der Waals surface area contributed by atoms with Crippen LogP contribution in [-0.4, -0.2) is 4.55 Å². The molecule has 0 fully saturated rings. The molecule has 0 spiro atoms. The number of anilines is 1. The molecule has 2 rings (SSSR count). The number of hydrogen-bond acceptors (Lipinski definition) is 4. The van der Waals surface area contributed by atoms with Crippen molar-refractivity contribution in [1.82, 2.24) is 0 Å². The quantitative estimate of drug-likeness (QED) is 0.268. The zero-order valence-electron chi connectivity index (χ0n) is 9.41. The summed E-state index contributed by atoms with van der Waals surface area (Å²) < 4.78 is 0.400. The van der Waals surface area contributed by atoms with E-state index in [2.05, 4.69) is 5.18 Å². The van der Waals surface area contributed by atoms with Gasteiger partial charge in [0.2, 0.25) is 0 Å². The highest BCUT2D eigenvalue weighted by Crippen LogP contribution is 2.25. The molecular formula is C13H10IN2O2-. The van der Waals surface area contributed by atoms with E-state index in [9.17, 15) is 10.1 Å². The van der Waals surface area contributed by atoms with Crippen LogP contribution in [0.25, 0.3) is 11.1 Å². The van der Waals surface area contributed by atoms with Crippen molar-refractivity contribution in [2.45, 2.75) is 0 Å². The third kappa shape index (κ3) is 2.85. The highest BCUT2D eigenvalue weighted by atomic mass is 127. The Morgan fingerprint density at radius 2 is 1.50 bits per heavy atom. The molecule has 0 radical (unpaired) electrons. The Kier molecular flexibility index (Phi) is 4.27. The lowest BCUT2D eigenvalue weighted by molar-refractivity contribution is 1.20. The predicted octanol–water partition coefficient (Wildman–Crippen LogP) is 4.45. The van der Waals surface area contributed by atoms with Crippen molar-refractivity contribution in [3.63, 3.8) is 0 Å². The summed E-state index contributed by atoms with van der Waals surface area (Å²) in [6.45, 7) is 0. The van der Waals surface area contributed by atoms with Crippen LogP contribution in [0.4, 0.5) is 11.4 Å². The second-order valence-corrected chi connectivity index (χ2v) is 4.37. The van der Waals surface area contributed by atoms with E-state index in [4.69, 9.17) is 0 Å². The summed E-state index contributed by atoms with van der Waals surface area (Å²) in [5, 5.41) is 15.2. The van der Waals surface area contributed by atoms with Gasteiger partial charge < -0.3 is 10.3 Å². The maximum Gasteiger partial charge on any atom is 0.108 e. The fourth-order valence-corrected chi connectivity index (χ4v) is 2.00. The van der Waals surface area contributed by atoms with E-state index in [0.717, 1.165) is 16.2 Å². The Bertz CT molecular complexity index is 526. The number of benzene rings is 2. The SMILES string of the molecule is O=Nc1ccc(-c2ccc(N([O-])CI)cc2)cc1. The van der Waals surface area contributed by atoms with Gasteiger partial charge in [-0.05, 0) is 40.6 Å². The average molecular weight is 353 g/mol.